The lowest BCUT2D eigenvalue weighted by atomic mass is 10.1. The number of methoxy groups -OCH3 is 1. The minimum absolute atomic E-state index is 0.00206. The molecule has 1 rings (SSSR count). The first kappa shape index (κ1) is 17.0. The second-order valence-corrected chi connectivity index (χ2v) is 4.92. The number of nitrogens with zero attached hydrogens (tertiary/aromatic N) is 1. The molecule has 0 unspecified atom stereocenters. The Kier molecular flexibility index (Phi) is 6.01. The van der Waals surface area contributed by atoms with Crippen LogP contribution < -0.4 is 0 Å². The summed E-state index contributed by atoms with van der Waals surface area (Å²) in [6.07, 6.45) is -4.47. The van der Waals surface area contributed by atoms with Crippen LogP contribution in [0.3, 0.4) is 0 Å². The van der Waals surface area contributed by atoms with Gasteiger partial charge in [0.15, 0.2) is 0 Å². The third-order valence-corrected chi connectivity index (χ3v) is 3.45. The van der Waals surface area contributed by atoms with E-state index in [9.17, 15) is 18.0 Å². The molecule has 0 aliphatic rings. The molecule has 1 aromatic rings. The zero-order valence-electron chi connectivity index (χ0n) is 11.1. The van der Waals surface area contributed by atoms with Crippen LogP contribution in [0.25, 0.3) is 0 Å². The second-order valence-electron chi connectivity index (χ2n) is 4.07. The molecule has 0 atom stereocenters. The molecule has 1 amide bonds. The van der Waals surface area contributed by atoms with Gasteiger partial charge in [0.2, 0.25) is 0 Å². The van der Waals surface area contributed by atoms with Crippen LogP contribution in [0, 0.1) is 0 Å². The van der Waals surface area contributed by atoms with Gasteiger partial charge in [-0.05, 0) is 41.1 Å². The fourth-order valence-corrected chi connectivity index (χ4v) is 2.06. The first-order chi connectivity index (χ1) is 9.31. The van der Waals surface area contributed by atoms with Crippen molar-refractivity contribution >= 4 is 21.8 Å². The van der Waals surface area contributed by atoms with Crippen molar-refractivity contribution < 1.29 is 22.7 Å². The minimum Gasteiger partial charge on any atom is -0.383 e. The summed E-state index contributed by atoms with van der Waals surface area (Å²) in [5.41, 5.74) is -0.843. The molecule has 0 saturated carbocycles. The van der Waals surface area contributed by atoms with Crippen molar-refractivity contribution in [3.8, 4) is 0 Å². The number of alkyl halides is 3. The first-order valence-corrected chi connectivity index (χ1v) is 6.75. The highest BCUT2D eigenvalue weighted by Crippen LogP contribution is 2.32. The fraction of sp³-hybridized carbons (Fsp3) is 0.462. The molecule has 1 aromatic carbocycles. The Hall–Kier alpha value is -1.08. The van der Waals surface area contributed by atoms with Gasteiger partial charge in [-0.25, -0.2) is 0 Å². The van der Waals surface area contributed by atoms with Gasteiger partial charge in [0.05, 0.1) is 17.7 Å². The van der Waals surface area contributed by atoms with Gasteiger partial charge in [0, 0.05) is 24.7 Å². The highest BCUT2D eigenvalue weighted by atomic mass is 79.9. The van der Waals surface area contributed by atoms with Gasteiger partial charge in [-0.1, -0.05) is 0 Å². The summed E-state index contributed by atoms with van der Waals surface area (Å²) in [5.74, 6) is -0.456. The summed E-state index contributed by atoms with van der Waals surface area (Å²) in [6.45, 7) is 2.81. The Morgan fingerprint density at radius 2 is 2.05 bits per heavy atom. The quantitative estimate of drug-likeness (QED) is 0.809. The zero-order chi connectivity index (χ0) is 15.3. The Labute approximate surface area is 123 Å². The summed E-state index contributed by atoms with van der Waals surface area (Å²) in [5, 5.41) is 0. The van der Waals surface area contributed by atoms with Gasteiger partial charge in [-0.2, -0.15) is 13.2 Å². The molecule has 112 valence electrons. The van der Waals surface area contributed by atoms with Crippen LogP contribution in [-0.4, -0.2) is 37.6 Å². The van der Waals surface area contributed by atoms with E-state index in [0.717, 1.165) is 12.1 Å². The largest absolute Gasteiger partial charge is 0.416 e. The van der Waals surface area contributed by atoms with Gasteiger partial charge in [0.1, 0.15) is 0 Å². The molecule has 0 radical (unpaired) electrons. The molecule has 3 nitrogen and oxygen atoms in total. The number of ether oxygens (including phenoxy) is 1. The summed E-state index contributed by atoms with van der Waals surface area (Å²) < 4.78 is 43.3. The van der Waals surface area contributed by atoms with E-state index < -0.39 is 17.6 Å². The average molecular weight is 354 g/mol. The second kappa shape index (κ2) is 7.08. The summed E-state index contributed by atoms with van der Waals surface area (Å²) in [6, 6.07) is 3.04. The molecular formula is C13H15BrF3NO2. The van der Waals surface area contributed by atoms with Crippen LogP contribution in [0.1, 0.15) is 22.8 Å². The number of halogens is 4. The van der Waals surface area contributed by atoms with Gasteiger partial charge in [-0.15, -0.1) is 0 Å². The van der Waals surface area contributed by atoms with Gasteiger partial charge in [0.25, 0.3) is 5.91 Å². The van der Waals surface area contributed by atoms with Crippen LogP contribution in [0.5, 0.6) is 0 Å². The normalized spacial score (nSPS) is 11.5. The van der Waals surface area contributed by atoms with Crippen molar-refractivity contribution in [2.75, 3.05) is 26.8 Å². The maximum atomic E-state index is 12.7. The smallest absolute Gasteiger partial charge is 0.383 e. The highest BCUT2D eigenvalue weighted by molar-refractivity contribution is 9.10. The van der Waals surface area contributed by atoms with Crippen molar-refractivity contribution in [3.05, 3.63) is 33.8 Å². The van der Waals surface area contributed by atoms with Crippen molar-refractivity contribution in [2.24, 2.45) is 0 Å². The fourth-order valence-electron chi connectivity index (χ4n) is 1.64. The summed E-state index contributed by atoms with van der Waals surface area (Å²) in [4.78, 5) is 13.7. The molecule has 20 heavy (non-hydrogen) atoms. The van der Waals surface area contributed by atoms with Crippen LogP contribution >= 0.6 is 15.9 Å². The number of amides is 1. The van der Waals surface area contributed by atoms with Crippen molar-refractivity contribution in [1.82, 2.24) is 4.90 Å². The highest BCUT2D eigenvalue weighted by Gasteiger charge is 2.32. The monoisotopic (exact) mass is 353 g/mol. The topological polar surface area (TPSA) is 29.5 Å². The molecular weight excluding hydrogens is 339 g/mol. The van der Waals surface area contributed by atoms with Crippen molar-refractivity contribution in [1.29, 1.82) is 0 Å². The van der Waals surface area contributed by atoms with E-state index in [1.165, 1.54) is 18.1 Å². The lowest BCUT2D eigenvalue weighted by Gasteiger charge is -2.21. The van der Waals surface area contributed by atoms with Gasteiger partial charge in [-0.3, -0.25) is 4.79 Å². The lowest BCUT2D eigenvalue weighted by Crippen LogP contribution is -2.34. The zero-order valence-corrected chi connectivity index (χ0v) is 12.7. The van der Waals surface area contributed by atoms with Crippen molar-refractivity contribution in [2.45, 2.75) is 13.1 Å². The maximum Gasteiger partial charge on any atom is 0.416 e. The summed E-state index contributed by atoms with van der Waals surface area (Å²) >= 11 is 3.12. The first-order valence-electron chi connectivity index (χ1n) is 5.96. The average Bonchev–Trinajstić information content (AvgIpc) is 2.38. The SMILES string of the molecule is CCN(CCOC)C(=O)c1cc(C(F)(F)F)ccc1Br. The Morgan fingerprint density at radius 1 is 1.40 bits per heavy atom. The van der Waals surface area contributed by atoms with E-state index in [2.05, 4.69) is 15.9 Å². The van der Waals surface area contributed by atoms with E-state index in [-0.39, 0.29) is 5.56 Å². The van der Waals surface area contributed by atoms with Gasteiger partial charge < -0.3 is 9.64 Å². The van der Waals surface area contributed by atoms with E-state index >= 15 is 0 Å². The molecule has 0 N–H and O–H groups in total. The molecule has 0 aliphatic carbocycles. The molecule has 7 heteroatoms. The maximum absolute atomic E-state index is 12.7. The minimum atomic E-state index is -4.47. The molecule has 0 saturated heterocycles. The molecule has 0 aliphatic heterocycles. The number of hydrogen-bond donors (Lipinski definition) is 0. The number of benzene rings is 1. The molecule has 0 spiro atoms. The predicted molar refractivity (Wildman–Crippen MR) is 72.6 cm³/mol. The van der Waals surface area contributed by atoms with Crippen LogP contribution in [-0.2, 0) is 10.9 Å². The van der Waals surface area contributed by atoms with E-state index in [1.807, 2.05) is 0 Å². The van der Waals surface area contributed by atoms with E-state index in [0.29, 0.717) is 24.2 Å². The molecule has 0 fully saturated rings. The number of carbonyl (C=O) groups excluding carboxylic acids is 1. The third kappa shape index (κ3) is 4.21. The number of likely N-dealkylation sites (N-methyl/N-ethyl adjacent to an activating group) is 1. The summed E-state index contributed by atoms with van der Waals surface area (Å²) in [7, 11) is 1.50. The number of carbonyl (C=O) groups is 1. The van der Waals surface area contributed by atoms with E-state index in [1.54, 1.807) is 6.92 Å². The number of rotatable bonds is 5. The molecule has 0 bridgehead atoms. The molecule has 0 heterocycles. The molecule has 0 aromatic heterocycles. The van der Waals surface area contributed by atoms with E-state index in [4.69, 9.17) is 4.74 Å². The lowest BCUT2D eigenvalue weighted by molar-refractivity contribution is -0.137. The van der Waals surface area contributed by atoms with Crippen LogP contribution in [0.4, 0.5) is 13.2 Å². The van der Waals surface area contributed by atoms with Crippen molar-refractivity contribution in [3.63, 3.8) is 0 Å². The Bertz CT molecular complexity index is 477. The third-order valence-electron chi connectivity index (χ3n) is 2.76. The predicted octanol–water partition coefficient (Wildman–Crippen LogP) is 3.58. The van der Waals surface area contributed by atoms with Gasteiger partial charge >= 0.3 is 6.18 Å². The standard InChI is InChI=1S/C13H15BrF3NO2/c1-3-18(6-7-20-2)12(19)10-8-9(13(15,16)17)4-5-11(10)14/h4-5,8H,3,6-7H2,1-2H3. The Balaban J connectivity index is 3.07. The Morgan fingerprint density at radius 3 is 2.55 bits per heavy atom. The van der Waals surface area contributed by atoms with Crippen LogP contribution in [0.15, 0.2) is 22.7 Å². The number of hydrogen-bond acceptors (Lipinski definition) is 2. The van der Waals surface area contributed by atoms with Crippen LogP contribution in [0.2, 0.25) is 0 Å².